The van der Waals surface area contributed by atoms with Crippen LogP contribution in [0.3, 0.4) is 0 Å². The molecule has 1 heterocycles. The number of hydrogen-bond acceptors (Lipinski definition) is 6. The van der Waals surface area contributed by atoms with Gasteiger partial charge in [0.25, 0.3) is 0 Å². The third-order valence-corrected chi connectivity index (χ3v) is 7.43. The van der Waals surface area contributed by atoms with Crippen LogP contribution in [0.1, 0.15) is 43.6 Å². The first kappa shape index (κ1) is 32.4. The number of alkyl carbamates (subject to hydrolysis) is 1. The molecule has 0 aliphatic rings. The largest absolute Gasteiger partial charge is 0.505 e. The molecule has 0 aliphatic carbocycles. The lowest BCUT2D eigenvalue weighted by atomic mass is 10.0. The van der Waals surface area contributed by atoms with Gasteiger partial charge in [0.05, 0.1) is 10.0 Å². The van der Waals surface area contributed by atoms with Crippen LogP contribution in [0.2, 0.25) is 10.0 Å². The van der Waals surface area contributed by atoms with Gasteiger partial charge in [0, 0.05) is 21.2 Å². The number of benzene rings is 3. The van der Waals surface area contributed by atoms with Gasteiger partial charge in [-0.15, -0.1) is 0 Å². The number of esters is 1. The van der Waals surface area contributed by atoms with Crippen LogP contribution in [-0.2, 0) is 32.1 Å². The quantitative estimate of drug-likeness (QED) is 0.110. The van der Waals surface area contributed by atoms with Crippen LogP contribution in [0.4, 0.5) is 4.79 Å². The molecule has 9 nitrogen and oxygen atoms in total. The van der Waals surface area contributed by atoms with Crippen LogP contribution in [0.5, 0.6) is 5.75 Å². The van der Waals surface area contributed by atoms with Crippen molar-refractivity contribution in [1.29, 1.82) is 0 Å². The van der Waals surface area contributed by atoms with Gasteiger partial charge in [-0.25, -0.2) is 9.59 Å². The fourth-order valence-electron chi connectivity index (χ4n) is 4.24. The lowest BCUT2D eigenvalue weighted by Crippen LogP contribution is -2.50. The van der Waals surface area contributed by atoms with E-state index >= 15 is 0 Å². The summed E-state index contributed by atoms with van der Waals surface area (Å²) in [6, 6.07) is 17.0. The van der Waals surface area contributed by atoms with Gasteiger partial charge in [-0.3, -0.25) is 4.79 Å². The Kier molecular flexibility index (Phi) is 10.5. The highest BCUT2D eigenvalue weighted by molar-refractivity contribution is 14.1. The van der Waals surface area contributed by atoms with Gasteiger partial charge in [-0.1, -0.05) is 59.6 Å². The van der Waals surface area contributed by atoms with Crippen molar-refractivity contribution in [2.24, 2.45) is 0 Å². The third kappa shape index (κ3) is 9.01. The molecule has 4 aromatic rings. The molecule has 0 saturated heterocycles. The van der Waals surface area contributed by atoms with Gasteiger partial charge in [-0.05, 0) is 90.2 Å². The Balaban J connectivity index is 1.62. The molecular weight excluding hydrogens is 708 g/mol. The molecule has 2 atom stereocenters. The second-order valence-electron chi connectivity index (χ2n) is 10.8. The average molecular weight is 738 g/mol. The second-order valence-corrected chi connectivity index (χ2v) is 12.9. The van der Waals surface area contributed by atoms with Crippen LogP contribution in [0, 0.1) is 3.57 Å². The van der Waals surface area contributed by atoms with E-state index in [-0.39, 0.29) is 34.4 Å². The predicted molar refractivity (Wildman–Crippen MR) is 173 cm³/mol. The first-order valence-corrected chi connectivity index (χ1v) is 15.1. The van der Waals surface area contributed by atoms with Crippen molar-refractivity contribution in [1.82, 2.24) is 15.6 Å². The second kappa shape index (κ2) is 13.9. The molecule has 2 amide bonds. The van der Waals surface area contributed by atoms with Crippen LogP contribution < -0.4 is 10.6 Å². The molecule has 0 unspecified atom stereocenters. The Morgan fingerprint density at radius 3 is 2.30 bits per heavy atom. The van der Waals surface area contributed by atoms with Crippen LogP contribution in [0.15, 0.2) is 66.7 Å². The van der Waals surface area contributed by atoms with Crippen LogP contribution in [0.25, 0.3) is 10.9 Å². The highest BCUT2D eigenvalue weighted by atomic mass is 127. The number of carbonyl (C=O) groups is 3. The fourth-order valence-corrected chi connectivity index (χ4v) is 5.23. The topological polar surface area (TPSA) is 130 Å². The Morgan fingerprint density at radius 1 is 0.977 bits per heavy atom. The highest BCUT2D eigenvalue weighted by Crippen LogP contribution is 2.35. The Labute approximate surface area is 272 Å². The molecule has 1 aromatic heterocycles. The normalized spacial score (nSPS) is 12.8. The Bertz CT molecular complexity index is 1610. The number of carbonyl (C=O) groups excluding carboxylic acids is 3. The number of ether oxygens (including phenoxy) is 2. The van der Waals surface area contributed by atoms with Gasteiger partial charge in [0.2, 0.25) is 5.91 Å². The minimum absolute atomic E-state index is 0.00310. The summed E-state index contributed by atoms with van der Waals surface area (Å²) in [5.74, 6) is -1.85. The van der Waals surface area contributed by atoms with E-state index < -0.39 is 35.7 Å². The van der Waals surface area contributed by atoms with Gasteiger partial charge in [0.15, 0.2) is 11.8 Å². The summed E-state index contributed by atoms with van der Waals surface area (Å²) in [6.07, 6.45) is -0.769. The molecule has 0 fully saturated rings. The number of hydrogen-bond donors (Lipinski definition) is 4. The number of aromatic hydroxyl groups is 1. The number of nitrogens with one attached hydrogen (secondary N) is 3. The molecule has 0 radical (unpaired) electrons. The van der Waals surface area contributed by atoms with Crippen molar-refractivity contribution in [3.63, 3.8) is 0 Å². The van der Waals surface area contributed by atoms with Crippen molar-refractivity contribution in [2.75, 3.05) is 0 Å². The fraction of sp³-hybridized carbons (Fsp3) is 0.258. The molecule has 43 heavy (non-hydrogen) atoms. The molecule has 226 valence electrons. The number of phenols is 1. The zero-order valence-electron chi connectivity index (χ0n) is 23.5. The van der Waals surface area contributed by atoms with E-state index in [1.54, 1.807) is 20.8 Å². The summed E-state index contributed by atoms with van der Waals surface area (Å²) >= 11 is 14.5. The number of phenolic OH excluding ortho intramolecular Hbond substituents is 1. The molecule has 4 rings (SSSR count). The summed E-state index contributed by atoms with van der Waals surface area (Å²) in [5.41, 5.74) is 1.61. The molecule has 0 aliphatic heterocycles. The van der Waals surface area contributed by atoms with E-state index in [1.807, 2.05) is 54.6 Å². The smallest absolute Gasteiger partial charge is 0.408 e. The van der Waals surface area contributed by atoms with Crippen molar-refractivity contribution in [2.45, 2.75) is 51.5 Å². The number of amides is 2. The first-order chi connectivity index (χ1) is 20.3. The minimum Gasteiger partial charge on any atom is -0.505 e. The first-order valence-electron chi connectivity index (χ1n) is 13.2. The number of fused-ring (bicyclic) bond motifs is 1. The maximum absolute atomic E-state index is 13.8. The number of rotatable bonds is 9. The Morgan fingerprint density at radius 2 is 1.65 bits per heavy atom. The average Bonchev–Trinajstić information content (AvgIpc) is 3.33. The minimum atomic E-state index is -1.36. The van der Waals surface area contributed by atoms with E-state index in [2.05, 4.69) is 38.2 Å². The summed E-state index contributed by atoms with van der Waals surface area (Å²) < 4.78 is 12.0. The number of H-pyrrole nitrogens is 1. The molecular formula is C31H30Cl2IN3O6. The maximum atomic E-state index is 13.8. The van der Waals surface area contributed by atoms with E-state index in [1.165, 1.54) is 12.1 Å². The molecule has 4 N–H and O–H groups in total. The van der Waals surface area contributed by atoms with Crippen molar-refractivity contribution in [3.05, 3.63) is 97.2 Å². The van der Waals surface area contributed by atoms with Crippen molar-refractivity contribution < 1.29 is 29.0 Å². The van der Waals surface area contributed by atoms with Gasteiger partial charge in [0.1, 0.15) is 18.2 Å². The number of halogens is 3. The predicted octanol–water partition coefficient (Wildman–Crippen LogP) is 6.82. The lowest BCUT2D eigenvalue weighted by molar-refractivity contribution is -0.159. The Hall–Kier alpha value is -3.48. The number of aromatic amines is 1. The molecule has 3 aromatic carbocycles. The zero-order chi connectivity index (χ0) is 31.3. The molecule has 0 saturated carbocycles. The van der Waals surface area contributed by atoms with Gasteiger partial charge in [-0.2, -0.15) is 0 Å². The van der Waals surface area contributed by atoms with E-state index in [4.69, 9.17) is 32.7 Å². The van der Waals surface area contributed by atoms with Crippen LogP contribution in [-0.4, -0.2) is 39.7 Å². The van der Waals surface area contributed by atoms with Crippen molar-refractivity contribution in [3.8, 4) is 5.75 Å². The lowest BCUT2D eigenvalue weighted by Gasteiger charge is -2.26. The standard InChI is InChI=1S/C31H30Cl2IN3O6/c1-31(2,3)43-29(40)26(19-12-22(32)27(38)23(33)13-19)37-28(39)25(36-30(41)42-16-17-7-5-4-6-8-17)15-21-11-18-9-10-20(34)14-24(18)35-21/h4-14,25-26,35,38H,15-16H2,1-3H3,(H,36,41)(H,37,39)/t25-,26-/m1/s1. The monoisotopic (exact) mass is 737 g/mol. The zero-order valence-corrected chi connectivity index (χ0v) is 27.2. The van der Waals surface area contributed by atoms with Crippen molar-refractivity contribution >= 4 is 74.7 Å². The van der Waals surface area contributed by atoms with Crippen LogP contribution >= 0.6 is 45.8 Å². The summed E-state index contributed by atoms with van der Waals surface area (Å²) in [6.45, 7) is 5.05. The third-order valence-electron chi connectivity index (χ3n) is 6.19. The highest BCUT2D eigenvalue weighted by Gasteiger charge is 2.33. The van der Waals surface area contributed by atoms with E-state index in [9.17, 15) is 19.5 Å². The summed E-state index contributed by atoms with van der Waals surface area (Å²) in [7, 11) is 0. The number of aromatic nitrogens is 1. The van der Waals surface area contributed by atoms with E-state index in [0.717, 1.165) is 20.0 Å². The molecule has 12 heteroatoms. The van der Waals surface area contributed by atoms with Gasteiger partial charge < -0.3 is 30.2 Å². The summed E-state index contributed by atoms with van der Waals surface area (Å²) in [5, 5.41) is 16.1. The van der Waals surface area contributed by atoms with E-state index in [0.29, 0.717) is 5.69 Å². The molecule has 0 bridgehead atoms. The van der Waals surface area contributed by atoms with Gasteiger partial charge >= 0.3 is 12.1 Å². The summed E-state index contributed by atoms with van der Waals surface area (Å²) in [4.78, 5) is 43.3. The molecule has 0 spiro atoms. The maximum Gasteiger partial charge on any atom is 0.408 e. The SMILES string of the molecule is CC(C)(C)OC(=O)[C@H](NC(=O)[C@@H](Cc1cc2ccc(I)cc2[nH]1)NC(=O)OCc1ccccc1)c1cc(Cl)c(O)c(Cl)c1.